The van der Waals surface area contributed by atoms with E-state index in [1.54, 1.807) is 0 Å². The minimum Gasteiger partial charge on any atom is -0.350 e. The number of amides is 2. The summed E-state index contributed by atoms with van der Waals surface area (Å²) < 4.78 is 0. The smallest absolute Gasteiger partial charge is 0.256 e. The van der Waals surface area contributed by atoms with Crippen LogP contribution in [-0.4, -0.2) is 23.1 Å². The molecule has 4 saturated carbocycles. The molecule has 0 heterocycles. The highest BCUT2D eigenvalue weighted by Crippen LogP contribution is 2.55. The molecule has 2 amide bonds. The second kappa shape index (κ2) is 8.58. The van der Waals surface area contributed by atoms with Crippen LogP contribution in [0.4, 0.5) is 5.69 Å². The van der Waals surface area contributed by atoms with Crippen molar-refractivity contribution in [2.75, 3.05) is 11.1 Å². The average Bonchev–Trinajstić information content (AvgIpc) is 2.70. The van der Waals surface area contributed by atoms with Crippen molar-refractivity contribution in [3.05, 3.63) is 59.2 Å². The molecule has 0 atom stereocenters. The third-order valence-corrected chi connectivity index (χ3v) is 8.49. The predicted molar refractivity (Wildman–Crippen MR) is 130 cm³/mol. The third-order valence-electron chi connectivity index (χ3n) is 7.41. The summed E-state index contributed by atoms with van der Waals surface area (Å²) in [5, 5.41) is 6.45. The Morgan fingerprint density at radius 1 is 0.938 bits per heavy atom. The first kappa shape index (κ1) is 21.6. The van der Waals surface area contributed by atoms with Crippen LogP contribution in [0.15, 0.2) is 47.4 Å². The Balaban J connectivity index is 1.22. The number of carbonyl (C=O) groups excluding carboxylic acids is 2. The molecule has 4 bridgehead atoms. The van der Waals surface area contributed by atoms with Crippen LogP contribution >= 0.6 is 11.8 Å². The average molecular weight is 449 g/mol. The molecule has 0 spiro atoms. The highest BCUT2D eigenvalue weighted by atomic mass is 32.2. The lowest BCUT2D eigenvalue weighted by molar-refractivity contribution is -0.124. The van der Waals surface area contributed by atoms with E-state index in [1.165, 1.54) is 31.0 Å². The molecule has 32 heavy (non-hydrogen) atoms. The quantitative estimate of drug-likeness (QED) is 0.555. The van der Waals surface area contributed by atoms with E-state index in [4.69, 9.17) is 0 Å². The molecular formula is C27H32N2O2S. The summed E-state index contributed by atoms with van der Waals surface area (Å²) in [6.07, 6.45) is 7.57. The molecule has 4 aliphatic rings. The van der Waals surface area contributed by atoms with Crippen molar-refractivity contribution in [1.29, 1.82) is 0 Å². The monoisotopic (exact) mass is 448 g/mol. The molecule has 0 unspecified atom stereocenters. The Bertz CT molecular complexity index is 992. The van der Waals surface area contributed by atoms with Gasteiger partial charge in [0.1, 0.15) is 0 Å². The van der Waals surface area contributed by atoms with Gasteiger partial charge in [-0.05, 0) is 106 Å². The Morgan fingerprint density at radius 2 is 1.53 bits per heavy atom. The Kier molecular flexibility index (Phi) is 5.79. The Labute approximate surface area is 194 Å². The lowest BCUT2D eigenvalue weighted by atomic mass is 9.53. The van der Waals surface area contributed by atoms with E-state index in [1.807, 2.05) is 50.2 Å². The fourth-order valence-electron chi connectivity index (χ4n) is 6.76. The number of hydrogen-bond acceptors (Lipinski definition) is 3. The Morgan fingerprint density at radius 3 is 2.16 bits per heavy atom. The molecular weight excluding hydrogens is 416 g/mol. The van der Waals surface area contributed by atoms with Gasteiger partial charge in [-0.15, -0.1) is 11.8 Å². The summed E-state index contributed by atoms with van der Waals surface area (Å²) >= 11 is 1.46. The number of aryl methyl sites for hydroxylation is 2. The van der Waals surface area contributed by atoms with Crippen LogP contribution in [-0.2, 0) is 4.79 Å². The van der Waals surface area contributed by atoms with Gasteiger partial charge < -0.3 is 10.6 Å². The molecule has 5 heteroatoms. The van der Waals surface area contributed by atoms with Crippen molar-refractivity contribution in [1.82, 2.24) is 5.32 Å². The third kappa shape index (κ3) is 4.59. The van der Waals surface area contributed by atoms with Gasteiger partial charge in [-0.2, -0.15) is 0 Å². The number of nitrogens with one attached hydrogen (secondary N) is 2. The number of benzene rings is 2. The van der Waals surface area contributed by atoms with Gasteiger partial charge in [-0.3, -0.25) is 9.59 Å². The van der Waals surface area contributed by atoms with E-state index in [0.29, 0.717) is 11.3 Å². The van der Waals surface area contributed by atoms with Crippen LogP contribution in [0, 0.1) is 31.6 Å². The topological polar surface area (TPSA) is 58.2 Å². The zero-order valence-electron chi connectivity index (χ0n) is 18.9. The molecule has 4 aliphatic carbocycles. The van der Waals surface area contributed by atoms with Gasteiger partial charge in [0.2, 0.25) is 5.91 Å². The molecule has 6 rings (SSSR count). The maximum absolute atomic E-state index is 13.0. The van der Waals surface area contributed by atoms with Crippen LogP contribution in [0.3, 0.4) is 0 Å². The summed E-state index contributed by atoms with van der Waals surface area (Å²) in [4.78, 5) is 26.7. The summed E-state index contributed by atoms with van der Waals surface area (Å²) in [5.74, 6) is 2.73. The molecule has 168 valence electrons. The first-order valence-corrected chi connectivity index (χ1v) is 12.8. The van der Waals surface area contributed by atoms with Crippen molar-refractivity contribution >= 4 is 29.3 Å². The molecule has 2 aromatic rings. The summed E-state index contributed by atoms with van der Waals surface area (Å²) in [7, 11) is 0. The number of anilines is 1. The standard InChI is InChI=1S/C27H32N2O2S/c1-17-7-18(2)9-22(8-17)28-26(31)23-5-3-4-6-24(23)32-16-25(30)29-27-13-19-10-20(14-27)12-21(11-19)15-27/h3-9,19-21H,10-16H2,1-2H3,(H,28,31)(H,29,30). The number of hydrogen-bond donors (Lipinski definition) is 2. The second-order valence-electron chi connectivity index (χ2n) is 10.4. The lowest BCUT2D eigenvalue weighted by Gasteiger charge is -2.56. The zero-order valence-corrected chi connectivity index (χ0v) is 19.8. The first-order valence-electron chi connectivity index (χ1n) is 11.8. The maximum atomic E-state index is 13.0. The second-order valence-corrected chi connectivity index (χ2v) is 11.4. The van der Waals surface area contributed by atoms with E-state index < -0.39 is 0 Å². The van der Waals surface area contributed by atoms with Crippen molar-refractivity contribution in [3.63, 3.8) is 0 Å². The fraction of sp³-hybridized carbons (Fsp3) is 0.481. The SMILES string of the molecule is Cc1cc(C)cc(NC(=O)c2ccccc2SCC(=O)NC23CC4CC(CC(C4)C2)C3)c1. The van der Waals surface area contributed by atoms with Gasteiger partial charge in [-0.25, -0.2) is 0 Å². The van der Waals surface area contributed by atoms with Crippen molar-refractivity contribution in [3.8, 4) is 0 Å². The minimum atomic E-state index is -0.139. The first-order chi connectivity index (χ1) is 15.4. The molecule has 0 aromatic heterocycles. The molecule has 2 aromatic carbocycles. The van der Waals surface area contributed by atoms with Crippen molar-refractivity contribution < 1.29 is 9.59 Å². The zero-order chi connectivity index (χ0) is 22.3. The molecule has 0 radical (unpaired) electrons. The summed E-state index contributed by atoms with van der Waals surface area (Å²) in [6.45, 7) is 4.05. The van der Waals surface area contributed by atoms with E-state index in [0.717, 1.165) is 58.7 Å². The molecule has 0 aliphatic heterocycles. The van der Waals surface area contributed by atoms with Gasteiger partial charge in [-0.1, -0.05) is 18.2 Å². The van der Waals surface area contributed by atoms with Gasteiger partial charge in [0.25, 0.3) is 5.91 Å². The van der Waals surface area contributed by atoms with E-state index in [-0.39, 0.29) is 17.4 Å². The predicted octanol–water partition coefficient (Wildman–Crippen LogP) is 5.73. The molecule has 2 N–H and O–H groups in total. The summed E-state index contributed by atoms with van der Waals surface area (Å²) in [6, 6.07) is 13.6. The summed E-state index contributed by atoms with van der Waals surface area (Å²) in [5.41, 5.74) is 3.67. The normalized spacial score (nSPS) is 27.9. The largest absolute Gasteiger partial charge is 0.350 e. The van der Waals surface area contributed by atoms with E-state index in [9.17, 15) is 9.59 Å². The van der Waals surface area contributed by atoms with Gasteiger partial charge in [0.05, 0.1) is 11.3 Å². The van der Waals surface area contributed by atoms with E-state index >= 15 is 0 Å². The molecule has 0 saturated heterocycles. The van der Waals surface area contributed by atoms with Crippen LogP contribution in [0.1, 0.15) is 60.0 Å². The van der Waals surface area contributed by atoms with Gasteiger partial charge in [0, 0.05) is 16.1 Å². The van der Waals surface area contributed by atoms with Crippen molar-refractivity contribution in [2.24, 2.45) is 17.8 Å². The number of rotatable bonds is 6. The Hall–Kier alpha value is -2.27. The molecule has 4 nitrogen and oxygen atoms in total. The number of thioether (sulfide) groups is 1. The fourth-order valence-corrected chi connectivity index (χ4v) is 7.61. The molecule has 4 fully saturated rings. The maximum Gasteiger partial charge on any atom is 0.256 e. The highest BCUT2D eigenvalue weighted by Gasteiger charge is 2.51. The van der Waals surface area contributed by atoms with Crippen LogP contribution < -0.4 is 10.6 Å². The van der Waals surface area contributed by atoms with Crippen molar-refractivity contribution in [2.45, 2.75) is 62.8 Å². The van der Waals surface area contributed by atoms with Crippen LogP contribution in [0.25, 0.3) is 0 Å². The van der Waals surface area contributed by atoms with E-state index in [2.05, 4.69) is 16.7 Å². The van der Waals surface area contributed by atoms with Gasteiger partial charge in [0.15, 0.2) is 0 Å². The number of carbonyl (C=O) groups is 2. The van der Waals surface area contributed by atoms with Gasteiger partial charge >= 0.3 is 0 Å². The van der Waals surface area contributed by atoms with Crippen LogP contribution in [0.5, 0.6) is 0 Å². The highest BCUT2D eigenvalue weighted by molar-refractivity contribution is 8.00. The van der Waals surface area contributed by atoms with Crippen LogP contribution in [0.2, 0.25) is 0 Å². The lowest BCUT2D eigenvalue weighted by Crippen LogP contribution is -2.60. The minimum absolute atomic E-state index is 0.0340.